The van der Waals surface area contributed by atoms with E-state index in [-0.39, 0.29) is 6.10 Å². The molecule has 0 aliphatic carbocycles. The topological polar surface area (TPSA) is 43.7 Å². The Morgan fingerprint density at radius 1 is 1.40 bits per heavy atom. The second kappa shape index (κ2) is 7.74. The molecule has 3 aliphatic rings. The minimum atomic E-state index is -0.868. The van der Waals surface area contributed by atoms with Gasteiger partial charge in [0.25, 0.3) is 0 Å². The molecule has 2 atom stereocenters. The fraction of sp³-hybridized carbons (Fsp3) is 0.545. The van der Waals surface area contributed by atoms with Gasteiger partial charge in [-0.25, -0.2) is 0 Å². The molecule has 2 unspecified atom stereocenters. The summed E-state index contributed by atoms with van der Waals surface area (Å²) < 4.78 is 0. The number of aryl methyl sites for hydroxylation is 1. The maximum absolute atomic E-state index is 11.0. The lowest BCUT2D eigenvalue weighted by molar-refractivity contribution is -0.0713. The van der Waals surface area contributed by atoms with Crippen molar-refractivity contribution in [1.82, 2.24) is 4.90 Å². The summed E-state index contributed by atoms with van der Waals surface area (Å²) in [5.74, 6) is 6.77. The molecule has 134 valence electrons. The minimum absolute atomic E-state index is 0.284. The predicted molar refractivity (Wildman–Crippen MR) is 101 cm³/mol. The van der Waals surface area contributed by atoms with Crippen LogP contribution in [-0.4, -0.2) is 46.5 Å². The zero-order valence-electron chi connectivity index (χ0n) is 15.2. The van der Waals surface area contributed by atoms with Crippen molar-refractivity contribution in [2.45, 2.75) is 50.7 Å². The Balaban J connectivity index is 1.81. The van der Waals surface area contributed by atoms with Crippen LogP contribution in [0.25, 0.3) is 0 Å². The van der Waals surface area contributed by atoms with E-state index in [9.17, 15) is 10.2 Å². The molecule has 3 heteroatoms. The summed E-state index contributed by atoms with van der Waals surface area (Å²) in [5, 5.41) is 20.5. The van der Waals surface area contributed by atoms with Gasteiger partial charge < -0.3 is 10.2 Å². The fourth-order valence-electron chi connectivity index (χ4n) is 3.98. The third kappa shape index (κ3) is 4.33. The number of benzene rings is 1. The summed E-state index contributed by atoms with van der Waals surface area (Å²) >= 11 is 0. The molecule has 4 rings (SSSR count). The molecule has 3 aliphatic heterocycles. The quantitative estimate of drug-likeness (QED) is 0.640. The molecule has 3 fully saturated rings. The van der Waals surface area contributed by atoms with Gasteiger partial charge in [-0.1, -0.05) is 30.0 Å². The summed E-state index contributed by atoms with van der Waals surface area (Å²) in [6.45, 7) is 8.53. The van der Waals surface area contributed by atoms with Crippen molar-refractivity contribution in [3.8, 4) is 11.8 Å². The van der Waals surface area contributed by atoms with Gasteiger partial charge in [0.2, 0.25) is 0 Å². The largest absolute Gasteiger partial charge is 0.393 e. The van der Waals surface area contributed by atoms with Gasteiger partial charge in [0.1, 0.15) is 5.60 Å². The van der Waals surface area contributed by atoms with E-state index < -0.39 is 5.60 Å². The van der Waals surface area contributed by atoms with Crippen LogP contribution in [0.3, 0.4) is 0 Å². The Bertz CT molecular complexity index is 677. The molecule has 1 aromatic carbocycles. The number of hydrogen-bond donors (Lipinski definition) is 2. The van der Waals surface area contributed by atoms with Crippen LogP contribution in [0.2, 0.25) is 0 Å². The van der Waals surface area contributed by atoms with Crippen molar-refractivity contribution in [3.05, 3.63) is 47.5 Å². The number of allylic oxidation sites excluding steroid dienone is 1. The van der Waals surface area contributed by atoms with Crippen molar-refractivity contribution in [2.75, 3.05) is 19.6 Å². The Hall–Kier alpha value is -1.60. The van der Waals surface area contributed by atoms with E-state index in [2.05, 4.69) is 35.5 Å². The van der Waals surface area contributed by atoms with Crippen molar-refractivity contribution in [2.24, 2.45) is 5.92 Å². The Kier molecular flexibility index (Phi) is 5.64. The number of fused-ring (bicyclic) bond motifs is 3. The minimum Gasteiger partial charge on any atom is -0.393 e. The molecule has 3 heterocycles. The monoisotopic (exact) mass is 339 g/mol. The van der Waals surface area contributed by atoms with E-state index >= 15 is 0 Å². The van der Waals surface area contributed by atoms with E-state index in [1.165, 1.54) is 5.56 Å². The lowest BCUT2D eigenvalue weighted by Crippen LogP contribution is -2.58. The fourth-order valence-corrected chi connectivity index (χ4v) is 3.98. The number of aliphatic hydroxyl groups is 2. The summed E-state index contributed by atoms with van der Waals surface area (Å²) in [4.78, 5) is 2.32. The van der Waals surface area contributed by atoms with Gasteiger partial charge in [-0.15, -0.1) is 6.58 Å². The maximum atomic E-state index is 11.0. The third-order valence-corrected chi connectivity index (χ3v) is 5.53. The first-order chi connectivity index (χ1) is 12.0. The standard InChI is InChI=1S/C22H29NO2/c1-3-4-20-15-18(6-5-17(2)24)7-8-19(20)9-12-22(25)16-23-13-10-21(22)11-14-23/h3,7-8,15,17,21,24-25H,1,4-6,10-11,13-14,16H2,2H3. The number of rotatable bonds is 5. The molecule has 3 saturated heterocycles. The number of nitrogens with zero attached hydrogens (tertiary/aromatic N) is 1. The van der Waals surface area contributed by atoms with Gasteiger partial charge in [0.05, 0.1) is 6.10 Å². The first-order valence-electron chi connectivity index (χ1n) is 9.39. The molecule has 1 aromatic rings. The van der Waals surface area contributed by atoms with Crippen LogP contribution >= 0.6 is 0 Å². The van der Waals surface area contributed by atoms with Crippen LogP contribution in [-0.2, 0) is 12.8 Å². The van der Waals surface area contributed by atoms with Crippen molar-refractivity contribution in [3.63, 3.8) is 0 Å². The summed E-state index contributed by atoms with van der Waals surface area (Å²) in [7, 11) is 0. The molecule has 25 heavy (non-hydrogen) atoms. The number of hydrogen-bond acceptors (Lipinski definition) is 3. The molecule has 2 N–H and O–H groups in total. The third-order valence-electron chi connectivity index (χ3n) is 5.53. The molecule has 0 saturated carbocycles. The van der Waals surface area contributed by atoms with Gasteiger partial charge in [-0.05, 0) is 69.3 Å². The van der Waals surface area contributed by atoms with Gasteiger partial charge in [0, 0.05) is 18.0 Å². The SMILES string of the molecule is C=CCc1cc(CCC(C)O)ccc1C#CC1(O)CN2CCC1CC2. The van der Waals surface area contributed by atoms with Crippen LogP contribution < -0.4 is 0 Å². The average molecular weight is 339 g/mol. The molecular weight excluding hydrogens is 310 g/mol. The van der Waals surface area contributed by atoms with Gasteiger partial charge >= 0.3 is 0 Å². The highest BCUT2D eigenvalue weighted by atomic mass is 16.3. The van der Waals surface area contributed by atoms with Crippen LogP contribution in [0.1, 0.15) is 42.9 Å². The van der Waals surface area contributed by atoms with Crippen molar-refractivity contribution < 1.29 is 10.2 Å². The summed E-state index contributed by atoms with van der Waals surface area (Å²) in [6.07, 6.45) is 6.08. The average Bonchev–Trinajstić information content (AvgIpc) is 2.60. The highest BCUT2D eigenvalue weighted by molar-refractivity contribution is 5.46. The number of piperidine rings is 3. The Labute approximate surface area is 151 Å². The van der Waals surface area contributed by atoms with Gasteiger partial charge in [-0.3, -0.25) is 4.90 Å². The highest BCUT2D eigenvalue weighted by Crippen LogP contribution is 2.35. The van der Waals surface area contributed by atoms with Crippen molar-refractivity contribution in [1.29, 1.82) is 0 Å². The summed E-state index contributed by atoms with van der Waals surface area (Å²) in [5.41, 5.74) is 2.47. The maximum Gasteiger partial charge on any atom is 0.141 e. The molecule has 0 spiro atoms. The van der Waals surface area contributed by atoms with E-state index in [0.717, 1.165) is 56.3 Å². The predicted octanol–water partition coefficient (Wildman–Crippen LogP) is 2.54. The molecule has 0 aromatic heterocycles. The smallest absolute Gasteiger partial charge is 0.141 e. The molecule has 0 amide bonds. The van der Waals surface area contributed by atoms with Crippen LogP contribution in [0.5, 0.6) is 0 Å². The molecular formula is C22H29NO2. The number of aliphatic hydroxyl groups excluding tert-OH is 1. The molecule has 0 radical (unpaired) electrons. The van der Waals surface area contributed by atoms with E-state index in [1.54, 1.807) is 0 Å². The van der Waals surface area contributed by atoms with Crippen LogP contribution in [0, 0.1) is 17.8 Å². The lowest BCUT2D eigenvalue weighted by atomic mass is 9.75. The molecule has 2 bridgehead atoms. The zero-order chi connectivity index (χ0) is 17.9. The Morgan fingerprint density at radius 2 is 2.16 bits per heavy atom. The highest BCUT2D eigenvalue weighted by Gasteiger charge is 2.44. The second-order valence-electron chi connectivity index (χ2n) is 7.60. The van der Waals surface area contributed by atoms with E-state index in [4.69, 9.17) is 0 Å². The normalized spacial score (nSPS) is 28.9. The van der Waals surface area contributed by atoms with Gasteiger partial charge in [0.15, 0.2) is 0 Å². The van der Waals surface area contributed by atoms with E-state index in [0.29, 0.717) is 12.5 Å². The first-order valence-corrected chi connectivity index (χ1v) is 9.39. The van der Waals surface area contributed by atoms with Crippen LogP contribution in [0.4, 0.5) is 0 Å². The second-order valence-corrected chi connectivity index (χ2v) is 7.60. The Morgan fingerprint density at radius 3 is 2.76 bits per heavy atom. The summed E-state index contributed by atoms with van der Waals surface area (Å²) in [6, 6.07) is 6.29. The van der Waals surface area contributed by atoms with E-state index in [1.807, 2.05) is 19.1 Å². The van der Waals surface area contributed by atoms with Gasteiger partial charge in [-0.2, -0.15) is 0 Å². The zero-order valence-corrected chi connectivity index (χ0v) is 15.2. The lowest BCUT2D eigenvalue weighted by Gasteiger charge is -2.47. The first kappa shape index (κ1) is 18.2. The van der Waals surface area contributed by atoms with Crippen molar-refractivity contribution >= 4 is 0 Å². The molecule has 3 nitrogen and oxygen atoms in total. The van der Waals surface area contributed by atoms with Crippen LogP contribution in [0.15, 0.2) is 30.9 Å².